The van der Waals surface area contributed by atoms with Crippen molar-refractivity contribution in [2.24, 2.45) is 0 Å². The summed E-state index contributed by atoms with van der Waals surface area (Å²) in [6.07, 6.45) is 0.862. The fourth-order valence-corrected chi connectivity index (χ4v) is 2.17. The van der Waals surface area contributed by atoms with Gasteiger partial charge in [-0.2, -0.15) is 8.42 Å². The van der Waals surface area contributed by atoms with Gasteiger partial charge in [0.2, 0.25) is 5.65 Å². The molecule has 0 spiro atoms. The predicted molar refractivity (Wildman–Crippen MR) is 68.1 cm³/mol. The maximum Gasteiger partial charge on any atom is 0.338 e. The Morgan fingerprint density at radius 2 is 2.10 bits per heavy atom. The number of fused-ring (bicyclic) bond motifs is 3. The summed E-state index contributed by atoms with van der Waals surface area (Å²) in [5.41, 5.74) is 6.39. The van der Waals surface area contributed by atoms with Crippen molar-refractivity contribution in [1.29, 1.82) is 0 Å². The number of hydrogen-bond donors (Lipinski definition) is 1. The lowest BCUT2D eigenvalue weighted by Gasteiger charge is -2.05. The summed E-state index contributed by atoms with van der Waals surface area (Å²) in [4.78, 5) is 4.04. The molecule has 0 saturated carbocycles. The van der Waals surface area contributed by atoms with Crippen molar-refractivity contribution in [2.45, 2.75) is 0 Å². The zero-order chi connectivity index (χ0) is 14.5. The highest BCUT2D eigenvalue weighted by Crippen LogP contribution is 2.24. The van der Waals surface area contributed by atoms with E-state index in [1.54, 1.807) is 0 Å². The highest BCUT2D eigenvalue weighted by atomic mass is 32.2. The number of hydrogen-bond acceptors (Lipinski definition) is 7. The third kappa shape index (κ3) is 1.99. The fraction of sp³-hybridized carbons (Fsp3) is 0.100. The van der Waals surface area contributed by atoms with E-state index in [1.807, 2.05) is 0 Å². The molecule has 0 aliphatic carbocycles. The summed E-state index contributed by atoms with van der Waals surface area (Å²) in [6, 6.07) is 3.45. The minimum Gasteiger partial charge on any atom is -0.381 e. The number of rotatable bonds is 2. The van der Waals surface area contributed by atoms with E-state index in [-0.39, 0.29) is 23.0 Å². The lowest BCUT2D eigenvalue weighted by Crippen LogP contribution is -2.09. The van der Waals surface area contributed by atoms with Crippen LogP contribution in [-0.4, -0.2) is 34.3 Å². The molecule has 104 valence electrons. The van der Waals surface area contributed by atoms with Gasteiger partial charge >= 0.3 is 16.1 Å². The van der Waals surface area contributed by atoms with Crippen LogP contribution in [0.15, 0.2) is 18.2 Å². The van der Waals surface area contributed by atoms with Crippen LogP contribution in [0.2, 0.25) is 0 Å². The maximum absolute atomic E-state index is 13.4. The third-order valence-electron chi connectivity index (χ3n) is 2.51. The molecule has 0 saturated heterocycles. The van der Waals surface area contributed by atoms with Crippen molar-refractivity contribution in [2.75, 3.05) is 12.0 Å². The molecule has 0 aliphatic heterocycles. The van der Waals surface area contributed by atoms with E-state index in [2.05, 4.69) is 15.2 Å². The normalized spacial score (nSPS) is 12.1. The standard InChI is InChI=1S/C10H8FN5O3S/c1-20(17,18)19-10-15-14-9-8(12)13-6-3-2-5(11)4-7(6)16(9)10/h2-4H,1H3,(H2,12,13). The van der Waals surface area contributed by atoms with Crippen molar-refractivity contribution in [3.8, 4) is 6.01 Å². The molecule has 3 rings (SSSR count). The Labute approximate surface area is 112 Å². The third-order valence-corrected chi connectivity index (χ3v) is 2.96. The zero-order valence-corrected chi connectivity index (χ0v) is 10.9. The molecule has 0 amide bonds. The van der Waals surface area contributed by atoms with E-state index in [0.717, 1.165) is 12.3 Å². The lowest BCUT2D eigenvalue weighted by molar-refractivity contribution is 0.468. The largest absolute Gasteiger partial charge is 0.381 e. The first-order valence-corrected chi connectivity index (χ1v) is 7.16. The smallest absolute Gasteiger partial charge is 0.338 e. The molecule has 10 heteroatoms. The molecule has 2 N–H and O–H groups in total. The van der Waals surface area contributed by atoms with Gasteiger partial charge in [-0.25, -0.2) is 13.8 Å². The van der Waals surface area contributed by atoms with Crippen LogP contribution < -0.4 is 9.92 Å². The first-order chi connectivity index (χ1) is 9.35. The molecule has 20 heavy (non-hydrogen) atoms. The molecule has 0 fully saturated rings. The second-order valence-corrected chi connectivity index (χ2v) is 5.63. The average Bonchev–Trinajstić information content (AvgIpc) is 2.73. The van der Waals surface area contributed by atoms with Crippen LogP contribution in [-0.2, 0) is 10.1 Å². The Kier molecular flexibility index (Phi) is 2.51. The van der Waals surface area contributed by atoms with Gasteiger partial charge in [0, 0.05) is 6.07 Å². The monoisotopic (exact) mass is 297 g/mol. The van der Waals surface area contributed by atoms with Gasteiger partial charge in [-0.05, 0) is 12.1 Å². The second kappa shape index (κ2) is 4.00. The van der Waals surface area contributed by atoms with Gasteiger partial charge in [-0.3, -0.25) is 0 Å². The molecule has 1 aromatic carbocycles. The number of anilines is 1. The fourth-order valence-electron chi connectivity index (χ4n) is 1.79. The van der Waals surface area contributed by atoms with E-state index >= 15 is 0 Å². The second-order valence-electron chi connectivity index (χ2n) is 4.06. The Morgan fingerprint density at radius 1 is 1.35 bits per heavy atom. The van der Waals surface area contributed by atoms with Crippen molar-refractivity contribution >= 4 is 32.6 Å². The molecule has 2 aromatic heterocycles. The summed E-state index contributed by atoms with van der Waals surface area (Å²) >= 11 is 0. The lowest BCUT2D eigenvalue weighted by atomic mass is 10.3. The molecule has 0 bridgehead atoms. The minimum atomic E-state index is -3.81. The molecular weight excluding hydrogens is 289 g/mol. The van der Waals surface area contributed by atoms with Crippen LogP contribution in [0.25, 0.3) is 16.7 Å². The summed E-state index contributed by atoms with van der Waals surface area (Å²) in [5.74, 6) is -0.496. The van der Waals surface area contributed by atoms with Crippen LogP contribution in [0.1, 0.15) is 0 Å². The molecule has 3 aromatic rings. The molecule has 2 heterocycles. The Bertz CT molecular complexity index is 937. The van der Waals surface area contributed by atoms with Gasteiger partial charge in [0.15, 0.2) is 5.82 Å². The topological polar surface area (TPSA) is 112 Å². The van der Waals surface area contributed by atoms with Crippen molar-refractivity contribution < 1.29 is 17.0 Å². The summed E-state index contributed by atoms with van der Waals surface area (Å²) in [7, 11) is -3.81. The quantitative estimate of drug-likeness (QED) is 0.678. The van der Waals surface area contributed by atoms with Crippen molar-refractivity contribution in [1.82, 2.24) is 19.6 Å². The van der Waals surface area contributed by atoms with E-state index in [4.69, 9.17) is 9.92 Å². The van der Waals surface area contributed by atoms with E-state index in [1.165, 1.54) is 16.5 Å². The highest BCUT2D eigenvalue weighted by Gasteiger charge is 2.18. The first-order valence-electron chi connectivity index (χ1n) is 5.34. The zero-order valence-electron chi connectivity index (χ0n) is 10.1. The molecule has 0 radical (unpaired) electrons. The summed E-state index contributed by atoms with van der Waals surface area (Å²) in [5, 5.41) is 7.29. The maximum atomic E-state index is 13.4. The summed E-state index contributed by atoms with van der Waals surface area (Å²) < 4.78 is 41.7. The Morgan fingerprint density at radius 3 is 2.80 bits per heavy atom. The van der Waals surface area contributed by atoms with Crippen LogP contribution in [0.3, 0.4) is 0 Å². The van der Waals surface area contributed by atoms with Gasteiger partial charge in [-0.15, -0.1) is 5.10 Å². The van der Waals surface area contributed by atoms with Gasteiger partial charge < -0.3 is 9.92 Å². The number of aromatic nitrogens is 4. The van der Waals surface area contributed by atoms with E-state index in [0.29, 0.717) is 5.52 Å². The molecule has 0 unspecified atom stereocenters. The van der Waals surface area contributed by atoms with Crippen LogP contribution in [0, 0.1) is 5.82 Å². The average molecular weight is 297 g/mol. The number of nitrogen functional groups attached to an aromatic ring is 1. The summed E-state index contributed by atoms with van der Waals surface area (Å²) in [6.45, 7) is 0. The molecule has 0 aliphatic rings. The van der Waals surface area contributed by atoms with E-state index < -0.39 is 15.9 Å². The Hall–Kier alpha value is -2.49. The van der Waals surface area contributed by atoms with E-state index in [9.17, 15) is 12.8 Å². The van der Waals surface area contributed by atoms with Crippen molar-refractivity contribution in [3.63, 3.8) is 0 Å². The SMILES string of the molecule is CS(=O)(=O)Oc1nnc2c(N)nc3ccc(F)cc3n12. The Balaban J connectivity index is 2.44. The van der Waals surface area contributed by atoms with Gasteiger partial charge in [-0.1, -0.05) is 5.10 Å². The van der Waals surface area contributed by atoms with Gasteiger partial charge in [0.25, 0.3) is 0 Å². The van der Waals surface area contributed by atoms with Crippen LogP contribution in [0.4, 0.5) is 10.2 Å². The minimum absolute atomic E-state index is 0.0277. The number of nitrogens with two attached hydrogens (primary N) is 1. The molecular formula is C10H8FN5O3S. The van der Waals surface area contributed by atoms with Gasteiger partial charge in [0.1, 0.15) is 5.82 Å². The number of nitrogens with zero attached hydrogens (tertiary/aromatic N) is 4. The first kappa shape index (κ1) is 12.5. The number of halogens is 1. The predicted octanol–water partition coefficient (Wildman–Crippen LogP) is 0.337. The molecule has 8 nitrogen and oxygen atoms in total. The van der Waals surface area contributed by atoms with Crippen molar-refractivity contribution in [3.05, 3.63) is 24.0 Å². The van der Waals surface area contributed by atoms with Crippen LogP contribution >= 0.6 is 0 Å². The molecule has 0 atom stereocenters. The number of benzene rings is 1. The van der Waals surface area contributed by atoms with Gasteiger partial charge in [0.05, 0.1) is 17.3 Å². The van der Waals surface area contributed by atoms with Crippen LogP contribution in [0.5, 0.6) is 6.01 Å². The highest BCUT2D eigenvalue weighted by molar-refractivity contribution is 7.86.